The largest absolute Gasteiger partial charge is 0.392 e. The van der Waals surface area contributed by atoms with E-state index in [1.54, 1.807) is 0 Å². The molecule has 0 radical (unpaired) electrons. The zero-order chi connectivity index (χ0) is 14.1. The Morgan fingerprint density at radius 1 is 1.15 bits per heavy atom. The van der Waals surface area contributed by atoms with Crippen LogP contribution >= 0.6 is 0 Å². The highest BCUT2D eigenvalue weighted by Gasteiger charge is 2.31. The fourth-order valence-electron chi connectivity index (χ4n) is 2.95. The molecule has 0 aliphatic heterocycles. The summed E-state index contributed by atoms with van der Waals surface area (Å²) in [4.78, 5) is 11.0. The van der Waals surface area contributed by atoms with Crippen molar-refractivity contribution in [3.63, 3.8) is 0 Å². The van der Waals surface area contributed by atoms with Crippen molar-refractivity contribution in [1.29, 1.82) is 0 Å². The van der Waals surface area contributed by atoms with Gasteiger partial charge in [-0.15, -0.1) is 0 Å². The second-order valence-electron chi connectivity index (χ2n) is 5.25. The van der Waals surface area contributed by atoms with Gasteiger partial charge in [-0.1, -0.05) is 36.4 Å². The number of nitrogens with one attached hydrogen (secondary N) is 1. The van der Waals surface area contributed by atoms with Gasteiger partial charge in [-0.05, 0) is 35.2 Å². The molecule has 0 spiro atoms. The Bertz CT molecular complexity index is 634. The van der Waals surface area contributed by atoms with E-state index < -0.39 is 0 Å². The van der Waals surface area contributed by atoms with Gasteiger partial charge in [0.1, 0.15) is 0 Å². The molecular weight excluding hydrogens is 250 g/mol. The van der Waals surface area contributed by atoms with Gasteiger partial charge in [0, 0.05) is 18.5 Å². The van der Waals surface area contributed by atoms with Crippen molar-refractivity contribution < 1.29 is 9.90 Å². The molecule has 0 bridgehead atoms. The lowest BCUT2D eigenvalue weighted by Crippen LogP contribution is -2.14. The van der Waals surface area contributed by atoms with E-state index in [-0.39, 0.29) is 17.9 Å². The third-order valence-corrected chi connectivity index (χ3v) is 3.79. The van der Waals surface area contributed by atoms with Gasteiger partial charge in [0.15, 0.2) is 0 Å². The highest BCUT2D eigenvalue weighted by molar-refractivity contribution is 5.88. The third kappa shape index (κ3) is 2.32. The zero-order valence-electron chi connectivity index (χ0n) is 11.3. The maximum absolute atomic E-state index is 11.0. The molecular formula is C17H17NO2. The molecule has 3 heteroatoms. The number of anilines is 1. The average Bonchev–Trinajstić information content (AvgIpc) is 2.75. The average molecular weight is 267 g/mol. The van der Waals surface area contributed by atoms with Crippen LogP contribution in [0.5, 0.6) is 0 Å². The number of hydrogen-bond donors (Lipinski definition) is 2. The van der Waals surface area contributed by atoms with E-state index in [0.717, 1.165) is 11.3 Å². The number of aliphatic hydroxyl groups is 1. The minimum atomic E-state index is -0.376. The number of carbonyl (C=O) groups is 1. The quantitative estimate of drug-likeness (QED) is 0.879. The van der Waals surface area contributed by atoms with Crippen LogP contribution in [0.3, 0.4) is 0 Å². The van der Waals surface area contributed by atoms with Crippen molar-refractivity contribution in [2.75, 3.05) is 5.32 Å². The molecule has 0 heterocycles. The summed E-state index contributed by atoms with van der Waals surface area (Å²) in [5.41, 5.74) is 4.28. The van der Waals surface area contributed by atoms with E-state index in [9.17, 15) is 9.90 Å². The van der Waals surface area contributed by atoms with Crippen LogP contribution in [0.25, 0.3) is 0 Å². The van der Waals surface area contributed by atoms with Crippen molar-refractivity contribution in [3.8, 4) is 0 Å². The van der Waals surface area contributed by atoms with Crippen LogP contribution in [0.4, 0.5) is 5.69 Å². The van der Waals surface area contributed by atoms with Crippen LogP contribution in [0.2, 0.25) is 0 Å². The van der Waals surface area contributed by atoms with E-state index in [0.29, 0.717) is 6.42 Å². The van der Waals surface area contributed by atoms with Crippen molar-refractivity contribution in [1.82, 2.24) is 0 Å². The molecule has 0 saturated carbocycles. The van der Waals surface area contributed by atoms with E-state index in [4.69, 9.17) is 0 Å². The standard InChI is InChI=1S/C17H17NO2/c1-11(19)18-14-8-6-12(7-9-14)17-15-5-3-2-4-13(15)10-16(17)20/h2-9,16-17,20H,10H2,1H3,(H,18,19)/t16-,17-/m0/s1. The Kier molecular flexibility index (Phi) is 3.28. The lowest BCUT2D eigenvalue weighted by atomic mass is 9.91. The molecule has 2 N–H and O–H groups in total. The second-order valence-corrected chi connectivity index (χ2v) is 5.25. The predicted octanol–water partition coefficient (Wildman–Crippen LogP) is 2.69. The molecule has 0 fully saturated rings. The monoisotopic (exact) mass is 267 g/mol. The van der Waals surface area contributed by atoms with Crippen molar-refractivity contribution in [2.45, 2.75) is 25.4 Å². The topological polar surface area (TPSA) is 49.3 Å². The molecule has 0 saturated heterocycles. The molecule has 2 aromatic rings. The molecule has 3 nitrogen and oxygen atoms in total. The van der Waals surface area contributed by atoms with Crippen molar-refractivity contribution in [2.24, 2.45) is 0 Å². The first-order valence-electron chi connectivity index (χ1n) is 6.78. The van der Waals surface area contributed by atoms with E-state index in [2.05, 4.69) is 17.4 Å². The van der Waals surface area contributed by atoms with Gasteiger partial charge in [0.2, 0.25) is 5.91 Å². The van der Waals surface area contributed by atoms with Crippen LogP contribution in [0.1, 0.15) is 29.5 Å². The van der Waals surface area contributed by atoms with Crippen molar-refractivity contribution in [3.05, 3.63) is 65.2 Å². The summed E-state index contributed by atoms with van der Waals surface area (Å²) < 4.78 is 0. The number of aliphatic hydroxyl groups excluding tert-OH is 1. The summed E-state index contributed by atoms with van der Waals surface area (Å²) in [5.74, 6) is -0.0541. The van der Waals surface area contributed by atoms with Gasteiger partial charge in [0.05, 0.1) is 6.10 Å². The Morgan fingerprint density at radius 2 is 1.85 bits per heavy atom. The molecule has 1 aliphatic carbocycles. The van der Waals surface area contributed by atoms with E-state index in [1.165, 1.54) is 18.1 Å². The third-order valence-electron chi connectivity index (χ3n) is 3.79. The summed E-state index contributed by atoms with van der Waals surface area (Å²) in [5, 5.41) is 13.1. The SMILES string of the molecule is CC(=O)Nc1ccc([C@H]2c3ccccc3C[C@@H]2O)cc1. The Balaban J connectivity index is 1.91. The summed E-state index contributed by atoms with van der Waals surface area (Å²) in [6.45, 7) is 1.49. The molecule has 20 heavy (non-hydrogen) atoms. The van der Waals surface area contributed by atoms with Crippen molar-refractivity contribution >= 4 is 11.6 Å². The van der Waals surface area contributed by atoms with Gasteiger partial charge in [-0.2, -0.15) is 0 Å². The lowest BCUT2D eigenvalue weighted by Gasteiger charge is -2.17. The minimum absolute atomic E-state index is 0.0255. The number of carbonyl (C=O) groups excluding carboxylic acids is 1. The first-order valence-corrected chi connectivity index (χ1v) is 6.78. The molecule has 0 unspecified atom stereocenters. The maximum Gasteiger partial charge on any atom is 0.221 e. The maximum atomic E-state index is 11.0. The van der Waals surface area contributed by atoms with Gasteiger partial charge in [0.25, 0.3) is 0 Å². The Hall–Kier alpha value is -2.13. The molecule has 2 aromatic carbocycles. The molecule has 1 aliphatic rings. The van der Waals surface area contributed by atoms with Crippen LogP contribution in [-0.2, 0) is 11.2 Å². The number of amides is 1. The smallest absolute Gasteiger partial charge is 0.221 e. The fourth-order valence-corrected chi connectivity index (χ4v) is 2.95. The Labute approximate surface area is 118 Å². The van der Waals surface area contributed by atoms with Gasteiger partial charge < -0.3 is 10.4 Å². The Morgan fingerprint density at radius 3 is 2.55 bits per heavy atom. The van der Waals surface area contributed by atoms with Gasteiger partial charge in [-0.25, -0.2) is 0 Å². The molecule has 1 amide bonds. The number of rotatable bonds is 2. The summed E-state index contributed by atoms with van der Waals surface area (Å²) in [6.07, 6.45) is 0.327. The van der Waals surface area contributed by atoms with Crippen LogP contribution < -0.4 is 5.32 Å². The first-order chi connectivity index (χ1) is 9.65. The highest BCUT2D eigenvalue weighted by atomic mass is 16.3. The summed E-state index contributed by atoms with van der Waals surface area (Å²) in [6, 6.07) is 15.9. The minimum Gasteiger partial charge on any atom is -0.392 e. The predicted molar refractivity (Wildman–Crippen MR) is 78.7 cm³/mol. The zero-order valence-corrected chi connectivity index (χ0v) is 11.3. The first kappa shape index (κ1) is 12.9. The van der Waals surface area contributed by atoms with Crippen LogP contribution in [0, 0.1) is 0 Å². The summed E-state index contributed by atoms with van der Waals surface area (Å²) >= 11 is 0. The lowest BCUT2D eigenvalue weighted by molar-refractivity contribution is -0.114. The van der Waals surface area contributed by atoms with E-state index in [1.807, 2.05) is 36.4 Å². The summed E-state index contributed by atoms with van der Waals surface area (Å²) in [7, 11) is 0. The van der Waals surface area contributed by atoms with Crippen LogP contribution in [-0.4, -0.2) is 17.1 Å². The highest BCUT2D eigenvalue weighted by Crippen LogP contribution is 2.38. The van der Waals surface area contributed by atoms with Gasteiger partial charge in [-0.3, -0.25) is 4.79 Å². The molecule has 3 rings (SSSR count). The molecule has 102 valence electrons. The molecule has 0 aromatic heterocycles. The number of benzene rings is 2. The number of fused-ring (bicyclic) bond motifs is 1. The number of hydrogen-bond acceptors (Lipinski definition) is 2. The second kappa shape index (κ2) is 5.10. The normalized spacial score (nSPS) is 20.5. The van der Waals surface area contributed by atoms with E-state index >= 15 is 0 Å². The van der Waals surface area contributed by atoms with Crippen LogP contribution in [0.15, 0.2) is 48.5 Å². The van der Waals surface area contributed by atoms with Gasteiger partial charge >= 0.3 is 0 Å². The molecule has 2 atom stereocenters. The fraction of sp³-hybridized carbons (Fsp3) is 0.235.